The monoisotopic (exact) mass is 260 g/mol. The molecule has 1 aliphatic heterocycles. The number of nitrogens with one attached hydrogen (secondary N) is 1. The maximum absolute atomic E-state index is 11.7. The molecular formula is C15H20N2O2. The number of hydrogen-bond donors (Lipinski definition) is 1. The fourth-order valence-electron chi connectivity index (χ4n) is 2.08. The van der Waals surface area contributed by atoms with Crippen LogP contribution in [0.2, 0.25) is 0 Å². The van der Waals surface area contributed by atoms with Crippen LogP contribution in [0.1, 0.15) is 31.9 Å². The minimum Gasteiger partial charge on any atom is -0.345 e. The first-order chi connectivity index (χ1) is 8.86. The molecule has 1 fully saturated rings. The van der Waals surface area contributed by atoms with Crippen LogP contribution >= 0.6 is 0 Å². The predicted octanol–water partition coefficient (Wildman–Crippen LogP) is 1.44. The van der Waals surface area contributed by atoms with Crippen LogP contribution in [0.4, 0.5) is 0 Å². The number of piperazine rings is 1. The van der Waals surface area contributed by atoms with Gasteiger partial charge in [-0.25, -0.2) is 0 Å². The van der Waals surface area contributed by atoms with E-state index in [1.54, 1.807) is 4.90 Å². The zero-order valence-corrected chi connectivity index (χ0v) is 11.7. The van der Waals surface area contributed by atoms with Crippen LogP contribution in [0.25, 0.3) is 0 Å². The van der Waals surface area contributed by atoms with Gasteiger partial charge in [0.05, 0.1) is 13.1 Å². The Morgan fingerprint density at radius 3 is 2.37 bits per heavy atom. The normalized spacial score (nSPS) is 16.5. The third-order valence-corrected chi connectivity index (χ3v) is 3.32. The van der Waals surface area contributed by atoms with Crippen LogP contribution in [0, 0.1) is 0 Å². The van der Waals surface area contributed by atoms with Crippen LogP contribution < -0.4 is 5.32 Å². The van der Waals surface area contributed by atoms with Gasteiger partial charge in [0.25, 0.3) is 0 Å². The van der Waals surface area contributed by atoms with Crippen LogP contribution in [0.5, 0.6) is 0 Å². The van der Waals surface area contributed by atoms with Crippen LogP contribution in [-0.4, -0.2) is 29.8 Å². The Labute approximate surface area is 113 Å². The van der Waals surface area contributed by atoms with Crippen molar-refractivity contribution in [3.05, 3.63) is 35.4 Å². The molecule has 2 rings (SSSR count). The number of carbonyl (C=O) groups excluding carboxylic acids is 2. The van der Waals surface area contributed by atoms with Gasteiger partial charge in [0.1, 0.15) is 0 Å². The summed E-state index contributed by atoms with van der Waals surface area (Å²) in [5.74, 6) is -0.120. The van der Waals surface area contributed by atoms with Crippen molar-refractivity contribution in [3.8, 4) is 0 Å². The molecule has 4 heteroatoms. The van der Waals surface area contributed by atoms with E-state index in [2.05, 4.69) is 38.2 Å². The van der Waals surface area contributed by atoms with Crippen molar-refractivity contribution in [3.63, 3.8) is 0 Å². The summed E-state index contributed by atoms with van der Waals surface area (Å²) >= 11 is 0. The van der Waals surface area contributed by atoms with E-state index < -0.39 is 0 Å². The number of rotatable bonds is 2. The zero-order chi connectivity index (χ0) is 14.0. The second-order valence-electron chi connectivity index (χ2n) is 5.97. The summed E-state index contributed by atoms with van der Waals surface area (Å²) in [4.78, 5) is 24.6. The van der Waals surface area contributed by atoms with Gasteiger partial charge in [-0.1, -0.05) is 45.0 Å². The highest BCUT2D eigenvalue weighted by Gasteiger charge is 2.23. The molecule has 0 spiro atoms. The van der Waals surface area contributed by atoms with Gasteiger partial charge in [-0.05, 0) is 16.5 Å². The lowest BCUT2D eigenvalue weighted by Gasteiger charge is -2.27. The Morgan fingerprint density at radius 2 is 1.79 bits per heavy atom. The Hall–Kier alpha value is -1.84. The minimum absolute atomic E-state index is 0.0282. The van der Waals surface area contributed by atoms with E-state index in [9.17, 15) is 9.59 Å². The number of hydrogen-bond acceptors (Lipinski definition) is 2. The van der Waals surface area contributed by atoms with Crippen LogP contribution in [0.15, 0.2) is 24.3 Å². The van der Waals surface area contributed by atoms with E-state index in [-0.39, 0.29) is 30.3 Å². The van der Waals surface area contributed by atoms with Crippen molar-refractivity contribution in [2.75, 3.05) is 13.1 Å². The minimum atomic E-state index is -0.0917. The van der Waals surface area contributed by atoms with Gasteiger partial charge in [-0.2, -0.15) is 0 Å². The highest BCUT2D eigenvalue weighted by Crippen LogP contribution is 2.22. The first-order valence-corrected chi connectivity index (χ1v) is 6.50. The maximum atomic E-state index is 11.7. The van der Waals surface area contributed by atoms with Gasteiger partial charge in [-0.15, -0.1) is 0 Å². The van der Waals surface area contributed by atoms with E-state index in [0.29, 0.717) is 6.54 Å². The molecule has 1 N–H and O–H groups in total. The molecule has 4 nitrogen and oxygen atoms in total. The fourth-order valence-corrected chi connectivity index (χ4v) is 2.08. The topological polar surface area (TPSA) is 49.4 Å². The Bertz CT molecular complexity index is 486. The second kappa shape index (κ2) is 5.03. The van der Waals surface area contributed by atoms with E-state index in [4.69, 9.17) is 0 Å². The smallest absolute Gasteiger partial charge is 0.242 e. The lowest BCUT2D eigenvalue weighted by molar-refractivity contribution is -0.141. The predicted molar refractivity (Wildman–Crippen MR) is 73.6 cm³/mol. The molecule has 0 saturated carbocycles. The summed E-state index contributed by atoms with van der Waals surface area (Å²) in [7, 11) is 0. The number of nitrogens with zero attached hydrogens (tertiary/aromatic N) is 1. The molecule has 0 unspecified atom stereocenters. The second-order valence-corrected chi connectivity index (χ2v) is 5.97. The third-order valence-electron chi connectivity index (χ3n) is 3.32. The van der Waals surface area contributed by atoms with Crippen molar-refractivity contribution in [2.24, 2.45) is 0 Å². The van der Waals surface area contributed by atoms with Gasteiger partial charge < -0.3 is 10.2 Å². The van der Waals surface area contributed by atoms with Crippen LogP contribution in [0.3, 0.4) is 0 Å². The Kier molecular flexibility index (Phi) is 3.60. The van der Waals surface area contributed by atoms with Gasteiger partial charge in [0.2, 0.25) is 11.8 Å². The van der Waals surface area contributed by atoms with E-state index >= 15 is 0 Å². The largest absolute Gasteiger partial charge is 0.345 e. The first kappa shape index (κ1) is 13.6. The summed E-state index contributed by atoms with van der Waals surface area (Å²) in [5.41, 5.74) is 2.44. The molecule has 1 aromatic rings. The van der Waals surface area contributed by atoms with E-state index in [1.807, 2.05) is 12.1 Å². The molecule has 0 radical (unpaired) electrons. The Balaban J connectivity index is 2.07. The molecule has 2 amide bonds. The fraction of sp³-hybridized carbons (Fsp3) is 0.467. The van der Waals surface area contributed by atoms with Gasteiger partial charge in [0, 0.05) is 6.54 Å². The molecule has 1 aliphatic rings. The molecule has 102 valence electrons. The Morgan fingerprint density at radius 1 is 1.16 bits per heavy atom. The zero-order valence-electron chi connectivity index (χ0n) is 11.7. The summed E-state index contributed by atoms with van der Waals surface area (Å²) in [6.07, 6.45) is 0. The van der Waals surface area contributed by atoms with E-state index in [1.165, 1.54) is 5.56 Å². The lowest BCUT2D eigenvalue weighted by Crippen LogP contribution is -2.50. The van der Waals surface area contributed by atoms with Crippen molar-refractivity contribution in [2.45, 2.75) is 32.7 Å². The third kappa shape index (κ3) is 3.34. The number of benzene rings is 1. The highest BCUT2D eigenvalue weighted by atomic mass is 16.2. The highest BCUT2D eigenvalue weighted by molar-refractivity contribution is 5.92. The average Bonchev–Trinajstić information content (AvgIpc) is 2.33. The summed E-state index contributed by atoms with van der Waals surface area (Å²) in [6.45, 7) is 7.26. The standard InChI is InChI=1S/C15H20N2O2/c1-15(2,3)12-6-4-11(5-7-12)9-17-10-13(18)16-8-14(17)19/h4-7H,8-10H2,1-3H3,(H,16,18). The summed E-state index contributed by atoms with van der Waals surface area (Å²) in [6, 6.07) is 8.23. The van der Waals surface area contributed by atoms with Gasteiger partial charge in [-0.3, -0.25) is 9.59 Å². The van der Waals surface area contributed by atoms with Crippen molar-refractivity contribution in [1.29, 1.82) is 0 Å². The lowest BCUT2D eigenvalue weighted by atomic mass is 9.87. The van der Waals surface area contributed by atoms with Gasteiger partial charge in [0.15, 0.2) is 0 Å². The SMILES string of the molecule is CC(C)(C)c1ccc(CN2CC(=O)NCC2=O)cc1. The average molecular weight is 260 g/mol. The first-order valence-electron chi connectivity index (χ1n) is 6.50. The van der Waals surface area contributed by atoms with Gasteiger partial charge >= 0.3 is 0 Å². The number of amides is 2. The molecule has 19 heavy (non-hydrogen) atoms. The molecule has 1 aromatic carbocycles. The van der Waals surface area contributed by atoms with Crippen molar-refractivity contribution in [1.82, 2.24) is 10.2 Å². The van der Waals surface area contributed by atoms with E-state index in [0.717, 1.165) is 5.56 Å². The quantitative estimate of drug-likeness (QED) is 0.875. The van der Waals surface area contributed by atoms with Crippen molar-refractivity contribution < 1.29 is 9.59 Å². The summed E-state index contributed by atoms with van der Waals surface area (Å²) in [5, 5.41) is 2.55. The molecule has 1 heterocycles. The molecule has 0 bridgehead atoms. The number of carbonyl (C=O) groups is 2. The van der Waals surface area contributed by atoms with Crippen molar-refractivity contribution >= 4 is 11.8 Å². The molecule has 0 aliphatic carbocycles. The summed E-state index contributed by atoms with van der Waals surface area (Å²) < 4.78 is 0. The molecule has 0 atom stereocenters. The molecular weight excluding hydrogens is 240 g/mol. The molecule has 1 saturated heterocycles. The molecule has 0 aromatic heterocycles. The maximum Gasteiger partial charge on any atom is 0.242 e. The van der Waals surface area contributed by atoms with Crippen LogP contribution in [-0.2, 0) is 21.5 Å².